The number of aromatic nitrogens is 1. The van der Waals surface area contributed by atoms with Crippen molar-refractivity contribution in [3.63, 3.8) is 0 Å². The largest absolute Gasteiger partial charge is 0.457 e. The molecule has 1 aromatic heterocycles. The first-order valence-corrected chi connectivity index (χ1v) is 10.9. The lowest BCUT2D eigenvalue weighted by atomic mass is 10.1. The summed E-state index contributed by atoms with van der Waals surface area (Å²) in [5.41, 5.74) is 7.20. The molecule has 2 N–H and O–H groups in total. The zero-order chi connectivity index (χ0) is 20.9. The molecule has 29 heavy (non-hydrogen) atoms. The van der Waals surface area contributed by atoms with Crippen molar-refractivity contribution in [2.45, 2.75) is 18.6 Å². The van der Waals surface area contributed by atoms with Crippen LogP contribution in [0.25, 0.3) is 0 Å². The molecule has 0 aliphatic heterocycles. The van der Waals surface area contributed by atoms with Gasteiger partial charge in [0.05, 0.1) is 5.25 Å². The smallest absolute Gasteiger partial charge is 0.248 e. The minimum absolute atomic E-state index is 0.0579. The Balaban J connectivity index is 1.80. The Morgan fingerprint density at radius 3 is 2.17 bits per heavy atom. The summed E-state index contributed by atoms with van der Waals surface area (Å²) >= 11 is 0. The van der Waals surface area contributed by atoms with Gasteiger partial charge in [0.15, 0.2) is 9.84 Å². The van der Waals surface area contributed by atoms with Crippen LogP contribution in [0.3, 0.4) is 0 Å². The van der Waals surface area contributed by atoms with Crippen LogP contribution in [0, 0.1) is 0 Å². The number of amides is 1. The van der Waals surface area contributed by atoms with E-state index < -0.39 is 21.0 Å². The van der Waals surface area contributed by atoms with E-state index in [-0.39, 0.29) is 5.75 Å². The molecule has 0 aliphatic carbocycles. The number of rotatable bonds is 8. The van der Waals surface area contributed by atoms with Crippen molar-refractivity contribution in [3.8, 4) is 11.5 Å². The molecule has 0 saturated heterocycles. The van der Waals surface area contributed by atoms with Crippen molar-refractivity contribution in [2.75, 3.05) is 5.75 Å². The van der Waals surface area contributed by atoms with Crippen molar-refractivity contribution in [2.24, 2.45) is 5.73 Å². The molecule has 0 spiro atoms. The highest BCUT2D eigenvalue weighted by molar-refractivity contribution is 7.91. The van der Waals surface area contributed by atoms with Crippen LogP contribution >= 0.6 is 0 Å². The lowest BCUT2D eigenvalue weighted by Crippen LogP contribution is -2.18. The van der Waals surface area contributed by atoms with Gasteiger partial charge in [0, 0.05) is 23.7 Å². The summed E-state index contributed by atoms with van der Waals surface area (Å²) in [6, 6.07) is 17.2. The lowest BCUT2D eigenvalue weighted by Gasteiger charge is -2.18. The highest BCUT2D eigenvalue weighted by Gasteiger charge is 2.26. The predicted octanol–water partition coefficient (Wildman–Crippen LogP) is 3.69. The van der Waals surface area contributed by atoms with Gasteiger partial charge < -0.3 is 10.5 Å². The van der Waals surface area contributed by atoms with Crippen LogP contribution in [0.5, 0.6) is 11.5 Å². The maximum Gasteiger partial charge on any atom is 0.248 e. The van der Waals surface area contributed by atoms with Crippen molar-refractivity contribution < 1.29 is 17.9 Å². The monoisotopic (exact) mass is 410 g/mol. The average molecular weight is 410 g/mol. The molecule has 1 amide bonds. The summed E-state index contributed by atoms with van der Waals surface area (Å²) in [7, 11) is -3.31. The molecule has 2 aromatic carbocycles. The standard InChI is InChI=1S/C22H22N2O4S/c1-2-29(26,27)21(14-16-4-3-13-24-15-16)17-5-9-19(10-6-17)28-20-11-7-18(8-12-20)22(23)25/h3-13,15,21H,2,14H2,1H3,(H2,23,25). The molecule has 0 saturated carbocycles. The fourth-order valence-electron chi connectivity index (χ4n) is 2.96. The molecule has 0 aliphatic rings. The summed E-state index contributed by atoms with van der Waals surface area (Å²) in [5.74, 6) is 0.672. The number of carbonyl (C=O) groups excluding carboxylic acids is 1. The van der Waals surface area contributed by atoms with E-state index in [1.165, 1.54) is 0 Å². The molecule has 150 valence electrons. The first-order chi connectivity index (χ1) is 13.9. The predicted molar refractivity (Wildman–Crippen MR) is 112 cm³/mol. The van der Waals surface area contributed by atoms with Crippen molar-refractivity contribution >= 4 is 15.7 Å². The number of carbonyl (C=O) groups is 1. The Morgan fingerprint density at radius 1 is 1.03 bits per heavy atom. The Bertz CT molecular complexity index is 1060. The van der Waals surface area contributed by atoms with Gasteiger partial charge in [-0.05, 0) is 60.0 Å². The van der Waals surface area contributed by atoms with Gasteiger partial charge in [0.2, 0.25) is 5.91 Å². The van der Waals surface area contributed by atoms with Crippen LogP contribution in [0.4, 0.5) is 0 Å². The van der Waals surface area contributed by atoms with Crippen LogP contribution in [0.2, 0.25) is 0 Å². The Morgan fingerprint density at radius 2 is 1.66 bits per heavy atom. The quantitative estimate of drug-likeness (QED) is 0.610. The highest BCUT2D eigenvalue weighted by Crippen LogP contribution is 2.30. The Labute approximate surface area is 170 Å². The first kappa shape index (κ1) is 20.5. The summed E-state index contributed by atoms with van der Waals surface area (Å²) < 4.78 is 31.1. The number of pyridine rings is 1. The molecular weight excluding hydrogens is 388 g/mol. The van der Waals surface area contributed by atoms with Crippen LogP contribution in [-0.2, 0) is 16.3 Å². The Kier molecular flexibility index (Phi) is 6.29. The van der Waals surface area contributed by atoms with Crippen LogP contribution in [-0.4, -0.2) is 25.1 Å². The van der Waals surface area contributed by atoms with E-state index in [2.05, 4.69) is 4.98 Å². The topological polar surface area (TPSA) is 99.3 Å². The molecule has 3 rings (SSSR count). The third-order valence-electron chi connectivity index (χ3n) is 4.61. The molecule has 1 unspecified atom stereocenters. The van der Waals surface area contributed by atoms with Gasteiger partial charge in [0.1, 0.15) is 11.5 Å². The van der Waals surface area contributed by atoms with Gasteiger partial charge in [0.25, 0.3) is 0 Å². The van der Waals surface area contributed by atoms with Crippen molar-refractivity contribution in [3.05, 3.63) is 89.7 Å². The molecule has 3 aromatic rings. The number of primary amides is 1. The fourth-order valence-corrected chi connectivity index (χ4v) is 4.38. The molecular formula is C22H22N2O4S. The van der Waals surface area contributed by atoms with E-state index in [4.69, 9.17) is 10.5 Å². The second-order valence-corrected chi connectivity index (χ2v) is 9.04. The number of benzene rings is 2. The molecule has 1 atom stereocenters. The van der Waals surface area contributed by atoms with E-state index in [1.54, 1.807) is 73.9 Å². The summed E-state index contributed by atoms with van der Waals surface area (Å²) in [5, 5.41) is -0.652. The van der Waals surface area contributed by atoms with E-state index in [0.717, 1.165) is 5.56 Å². The van der Waals surface area contributed by atoms with Gasteiger partial charge in [-0.2, -0.15) is 0 Å². The van der Waals surface area contributed by atoms with Gasteiger partial charge >= 0.3 is 0 Å². The number of nitrogens with zero attached hydrogens (tertiary/aromatic N) is 1. The molecule has 0 radical (unpaired) electrons. The number of sulfone groups is 1. The average Bonchev–Trinajstić information content (AvgIpc) is 2.74. The second-order valence-electron chi connectivity index (χ2n) is 6.57. The summed E-state index contributed by atoms with van der Waals surface area (Å²) in [6.07, 6.45) is 3.71. The molecule has 7 heteroatoms. The van der Waals surface area contributed by atoms with E-state index >= 15 is 0 Å². The van der Waals surface area contributed by atoms with Gasteiger partial charge in [-0.1, -0.05) is 25.1 Å². The lowest BCUT2D eigenvalue weighted by molar-refractivity contribution is 0.100. The highest BCUT2D eigenvalue weighted by atomic mass is 32.2. The minimum Gasteiger partial charge on any atom is -0.457 e. The maximum atomic E-state index is 12.7. The van der Waals surface area contributed by atoms with Crippen molar-refractivity contribution in [1.29, 1.82) is 0 Å². The number of hydrogen-bond acceptors (Lipinski definition) is 5. The van der Waals surface area contributed by atoms with Crippen LogP contribution in [0.15, 0.2) is 73.1 Å². The third kappa shape index (κ3) is 5.20. The van der Waals surface area contributed by atoms with E-state index in [0.29, 0.717) is 29.0 Å². The first-order valence-electron chi connectivity index (χ1n) is 9.17. The summed E-state index contributed by atoms with van der Waals surface area (Å²) in [4.78, 5) is 15.2. The number of hydrogen-bond donors (Lipinski definition) is 1. The van der Waals surface area contributed by atoms with E-state index in [1.807, 2.05) is 6.07 Å². The van der Waals surface area contributed by atoms with Gasteiger partial charge in [-0.25, -0.2) is 8.42 Å². The van der Waals surface area contributed by atoms with Crippen molar-refractivity contribution in [1.82, 2.24) is 4.98 Å². The minimum atomic E-state index is -3.31. The van der Waals surface area contributed by atoms with Crippen LogP contribution in [0.1, 0.15) is 33.7 Å². The fraction of sp³-hybridized carbons (Fsp3) is 0.182. The second kappa shape index (κ2) is 8.87. The zero-order valence-corrected chi connectivity index (χ0v) is 16.8. The Hall–Kier alpha value is -3.19. The van der Waals surface area contributed by atoms with Crippen LogP contribution < -0.4 is 10.5 Å². The normalized spacial score (nSPS) is 12.3. The van der Waals surface area contributed by atoms with Gasteiger partial charge in [-0.3, -0.25) is 9.78 Å². The number of nitrogens with two attached hydrogens (primary N) is 1. The SMILES string of the molecule is CCS(=O)(=O)C(Cc1cccnc1)c1ccc(Oc2ccc(C(N)=O)cc2)cc1. The zero-order valence-electron chi connectivity index (χ0n) is 16.0. The van der Waals surface area contributed by atoms with Gasteiger partial charge in [-0.15, -0.1) is 0 Å². The number of ether oxygens (including phenoxy) is 1. The molecule has 0 fully saturated rings. The van der Waals surface area contributed by atoms with E-state index in [9.17, 15) is 13.2 Å². The molecule has 0 bridgehead atoms. The molecule has 6 nitrogen and oxygen atoms in total. The molecule has 1 heterocycles. The maximum absolute atomic E-state index is 12.7. The summed E-state index contributed by atoms with van der Waals surface area (Å²) in [6.45, 7) is 1.65. The third-order valence-corrected chi connectivity index (χ3v) is 6.72.